The van der Waals surface area contributed by atoms with Gasteiger partial charge in [0.15, 0.2) is 11.7 Å². The van der Waals surface area contributed by atoms with E-state index in [-0.39, 0.29) is 24.4 Å². The highest BCUT2D eigenvalue weighted by molar-refractivity contribution is 5.92. The summed E-state index contributed by atoms with van der Waals surface area (Å²) < 4.78 is 16.3. The van der Waals surface area contributed by atoms with Gasteiger partial charge in [-0.1, -0.05) is 6.07 Å². The Hall–Kier alpha value is -3.88. The molecule has 9 heteroatoms. The van der Waals surface area contributed by atoms with Gasteiger partial charge in [-0.2, -0.15) is 0 Å². The van der Waals surface area contributed by atoms with E-state index >= 15 is 0 Å². The number of nitro benzene ring substituents is 1. The Morgan fingerprint density at radius 3 is 2.73 bits per heavy atom. The summed E-state index contributed by atoms with van der Waals surface area (Å²) in [6, 6.07) is 9.89. The smallest absolute Gasteiger partial charge is 0.274 e. The van der Waals surface area contributed by atoms with Crippen molar-refractivity contribution in [1.29, 1.82) is 0 Å². The molecule has 1 amide bonds. The third-order valence-corrected chi connectivity index (χ3v) is 4.57. The number of methoxy groups -OCH3 is 2. The first-order valence-electron chi connectivity index (χ1n) is 9.14. The van der Waals surface area contributed by atoms with Crippen LogP contribution < -0.4 is 14.8 Å². The number of anilines is 1. The topological polar surface area (TPSA) is 117 Å². The summed E-state index contributed by atoms with van der Waals surface area (Å²) in [4.78, 5) is 27.1. The molecule has 0 saturated heterocycles. The number of nitrogens with one attached hydrogen (secondary N) is 1. The Balaban J connectivity index is 1.66. The van der Waals surface area contributed by atoms with Crippen LogP contribution in [0.15, 0.2) is 47.0 Å². The number of carbonyl (C=O) groups is 1. The number of aromatic nitrogens is 1. The molecule has 9 nitrogen and oxygen atoms in total. The zero-order chi connectivity index (χ0) is 21.7. The van der Waals surface area contributed by atoms with Gasteiger partial charge in [0.1, 0.15) is 11.5 Å². The van der Waals surface area contributed by atoms with Crippen LogP contribution in [0.2, 0.25) is 0 Å². The van der Waals surface area contributed by atoms with Crippen LogP contribution >= 0.6 is 0 Å². The van der Waals surface area contributed by atoms with Crippen LogP contribution in [-0.4, -0.2) is 30.0 Å². The third kappa shape index (κ3) is 4.57. The highest BCUT2D eigenvalue weighted by Crippen LogP contribution is 2.33. The zero-order valence-electron chi connectivity index (χ0n) is 16.8. The second-order valence-electron chi connectivity index (χ2n) is 6.44. The summed E-state index contributed by atoms with van der Waals surface area (Å²) in [7, 11) is 3.12. The molecule has 30 heavy (non-hydrogen) atoms. The zero-order valence-corrected chi connectivity index (χ0v) is 16.8. The fourth-order valence-corrected chi connectivity index (χ4v) is 2.94. The Kier molecular flexibility index (Phi) is 6.31. The van der Waals surface area contributed by atoms with E-state index in [1.165, 1.54) is 12.1 Å². The van der Waals surface area contributed by atoms with Gasteiger partial charge in [-0.25, -0.2) is 4.98 Å². The number of ether oxygens (including phenoxy) is 2. The second kappa shape index (κ2) is 9.08. The fraction of sp³-hybridized carbons (Fsp3) is 0.238. The molecule has 0 aliphatic rings. The summed E-state index contributed by atoms with van der Waals surface area (Å²) in [5.41, 5.74) is 1.48. The number of rotatable bonds is 8. The molecule has 1 aromatic heterocycles. The van der Waals surface area contributed by atoms with E-state index in [1.807, 2.05) is 0 Å². The molecule has 0 saturated carbocycles. The minimum atomic E-state index is -0.479. The number of aryl methyl sites for hydroxylation is 1. The fourth-order valence-electron chi connectivity index (χ4n) is 2.94. The number of benzene rings is 2. The van der Waals surface area contributed by atoms with Crippen LogP contribution in [-0.2, 0) is 11.2 Å². The van der Waals surface area contributed by atoms with E-state index < -0.39 is 4.92 Å². The molecular formula is C21H21N3O6. The minimum Gasteiger partial charge on any atom is -0.497 e. The van der Waals surface area contributed by atoms with Gasteiger partial charge in [-0.3, -0.25) is 14.9 Å². The molecule has 3 rings (SSSR count). The summed E-state index contributed by atoms with van der Waals surface area (Å²) >= 11 is 0. The molecule has 0 aliphatic carbocycles. The minimum absolute atomic E-state index is 0.0430. The van der Waals surface area contributed by atoms with E-state index in [1.54, 1.807) is 51.6 Å². The number of nitrogens with zero attached hydrogens (tertiary/aromatic N) is 2. The molecule has 2 aromatic carbocycles. The van der Waals surface area contributed by atoms with Gasteiger partial charge in [0.25, 0.3) is 5.69 Å². The molecule has 0 fully saturated rings. The molecule has 0 atom stereocenters. The number of carbonyl (C=O) groups excluding carboxylic acids is 1. The van der Waals surface area contributed by atoms with Gasteiger partial charge in [0.2, 0.25) is 5.91 Å². The van der Waals surface area contributed by atoms with E-state index in [2.05, 4.69) is 10.3 Å². The molecule has 1 N–H and O–H groups in total. The van der Waals surface area contributed by atoms with Crippen molar-refractivity contribution in [2.75, 3.05) is 19.5 Å². The summed E-state index contributed by atoms with van der Waals surface area (Å²) in [5.74, 6) is 1.85. The van der Waals surface area contributed by atoms with Gasteiger partial charge in [-0.05, 0) is 25.1 Å². The molecule has 0 radical (unpaired) electrons. The Morgan fingerprint density at radius 2 is 2.03 bits per heavy atom. The van der Waals surface area contributed by atoms with Crippen LogP contribution in [0.25, 0.3) is 11.3 Å². The van der Waals surface area contributed by atoms with Crippen LogP contribution in [0, 0.1) is 17.0 Å². The van der Waals surface area contributed by atoms with Crippen molar-refractivity contribution in [3.05, 3.63) is 64.2 Å². The molecule has 0 aliphatic heterocycles. The monoisotopic (exact) mass is 411 g/mol. The predicted molar refractivity (Wildman–Crippen MR) is 110 cm³/mol. The summed E-state index contributed by atoms with van der Waals surface area (Å²) in [5, 5.41) is 13.7. The lowest BCUT2D eigenvalue weighted by molar-refractivity contribution is -0.385. The van der Waals surface area contributed by atoms with Crippen molar-refractivity contribution >= 4 is 17.3 Å². The first-order valence-corrected chi connectivity index (χ1v) is 9.14. The lowest BCUT2D eigenvalue weighted by Crippen LogP contribution is -2.13. The average molecular weight is 411 g/mol. The quantitative estimate of drug-likeness (QED) is 0.437. The number of oxazole rings is 1. The number of nitro groups is 1. The van der Waals surface area contributed by atoms with Crippen molar-refractivity contribution in [2.45, 2.75) is 19.8 Å². The normalized spacial score (nSPS) is 10.5. The van der Waals surface area contributed by atoms with E-state index in [0.29, 0.717) is 40.0 Å². The van der Waals surface area contributed by atoms with Crippen LogP contribution in [0.5, 0.6) is 11.5 Å². The lowest BCUT2D eigenvalue weighted by atomic mass is 10.1. The molecule has 0 unspecified atom stereocenters. The molecule has 3 aromatic rings. The Bertz CT molecular complexity index is 1080. The van der Waals surface area contributed by atoms with E-state index in [9.17, 15) is 14.9 Å². The summed E-state index contributed by atoms with van der Waals surface area (Å²) in [6.45, 7) is 1.59. The largest absolute Gasteiger partial charge is 0.497 e. The van der Waals surface area contributed by atoms with E-state index in [0.717, 1.165) is 0 Å². The SMILES string of the molecule is COc1ccc(-c2cnc(CCC(=O)Nc3cccc([N+](=O)[O-])c3C)o2)c(OC)c1. The molecule has 0 bridgehead atoms. The van der Waals surface area contributed by atoms with Gasteiger partial charge in [-0.15, -0.1) is 0 Å². The van der Waals surface area contributed by atoms with Crippen LogP contribution in [0.4, 0.5) is 11.4 Å². The van der Waals surface area contributed by atoms with Gasteiger partial charge in [0.05, 0.1) is 42.2 Å². The number of hydrogen-bond donors (Lipinski definition) is 1. The number of hydrogen-bond acceptors (Lipinski definition) is 7. The van der Waals surface area contributed by atoms with Crippen molar-refractivity contribution in [2.24, 2.45) is 0 Å². The summed E-state index contributed by atoms with van der Waals surface area (Å²) in [6.07, 6.45) is 1.96. The average Bonchev–Trinajstić information content (AvgIpc) is 3.22. The maximum atomic E-state index is 12.3. The van der Waals surface area contributed by atoms with Crippen molar-refractivity contribution in [3.63, 3.8) is 0 Å². The number of amides is 1. The second-order valence-corrected chi connectivity index (χ2v) is 6.44. The van der Waals surface area contributed by atoms with Crippen molar-refractivity contribution in [3.8, 4) is 22.8 Å². The first kappa shape index (κ1) is 20.8. The first-order chi connectivity index (χ1) is 14.4. The van der Waals surface area contributed by atoms with Gasteiger partial charge >= 0.3 is 0 Å². The molecule has 1 heterocycles. The Labute approximate surface area is 172 Å². The Morgan fingerprint density at radius 1 is 1.23 bits per heavy atom. The third-order valence-electron chi connectivity index (χ3n) is 4.57. The molecular weight excluding hydrogens is 390 g/mol. The predicted octanol–water partition coefficient (Wildman–Crippen LogP) is 4.15. The van der Waals surface area contributed by atoms with E-state index in [4.69, 9.17) is 13.9 Å². The lowest BCUT2D eigenvalue weighted by Gasteiger charge is -2.08. The van der Waals surface area contributed by atoms with Crippen LogP contribution in [0.3, 0.4) is 0 Å². The maximum absolute atomic E-state index is 12.3. The van der Waals surface area contributed by atoms with Gasteiger partial charge in [0, 0.05) is 25.0 Å². The van der Waals surface area contributed by atoms with Crippen molar-refractivity contribution < 1.29 is 23.6 Å². The van der Waals surface area contributed by atoms with Crippen molar-refractivity contribution in [1.82, 2.24) is 4.98 Å². The highest BCUT2D eigenvalue weighted by atomic mass is 16.6. The standard InChI is InChI=1S/C21H21N3O6/c1-13-16(5-4-6-17(13)24(26)27)23-20(25)9-10-21-22-12-19(30-21)15-8-7-14(28-2)11-18(15)29-3/h4-8,11-12H,9-10H2,1-3H3,(H,23,25). The van der Waals surface area contributed by atoms with Gasteiger partial charge < -0.3 is 19.2 Å². The molecule has 0 spiro atoms. The molecule has 156 valence electrons. The van der Waals surface area contributed by atoms with Crippen LogP contribution in [0.1, 0.15) is 17.9 Å². The maximum Gasteiger partial charge on any atom is 0.274 e. The highest BCUT2D eigenvalue weighted by Gasteiger charge is 2.16.